The van der Waals surface area contributed by atoms with E-state index in [4.69, 9.17) is 18.4 Å². The van der Waals surface area contributed by atoms with Gasteiger partial charge in [0.1, 0.15) is 24.3 Å². The van der Waals surface area contributed by atoms with Gasteiger partial charge in [0, 0.05) is 25.4 Å². The first-order valence-corrected chi connectivity index (χ1v) is 20.0. The van der Waals surface area contributed by atoms with E-state index in [1.54, 1.807) is 4.57 Å². The second kappa shape index (κ2) is 14.1. The lowest BCUT2D eigenvalue weighted by Gasteiger charge is -2.40. The maximum absolute atomic E-state index is 13.2. The molecule has 3 aromatic heterocycles. The summed E-state index contributed by atoms with van der Waals surface area (Å²) in [7, 11) is -7.10. The number of carbonyl (C=O) groups excluding carboxylic acids is 2. The predicted octanol–water partition coefficient (Wildman–Crippen LogP) is 4.01. The molecule has 3 unspecified atom stereocenters. The summed E-state index contributed by atoms with van der Waals surface area (Å²) in [5.41, 5.74) is -0.227. The van der Waals surface area contributed by atoms with Crippen LogP contribution in [-0.2, 0) is 32.6 Å². The first-order valence-electron chi connectivity index (χ1n) is 15.5. The lowest BCUT2D eigenvalue weighted by atomic mass is 10.1. The Hall–Kier alpha value is -3.21. The zero-order valence-electron chi connectivity index (χ0n) is 28.3. The van der Waals surface area contributed by atoms with E-state index >= 15 is 0 Å². The molecule has 0 aliphatic carbocycles. The zero-order chi connectivity index (χ0) is 34.9. The average Bonchev–Trinajstić information content (AvgIpc) is 3.70. The van der Waals surface area contributed by atoms with Crippen LogP contribution in [0.2, 0.25) is 18.1 Å². The highest BCUT2D eigenvalue weighted by Gasteiger charge is 2.55. The number of Topliss-reactive ketones (excluding diaryl/α,β-unsaturated/α-hetero) is 1. The quantitative estimate of drug-likeness (QED) is 0.124. The highest BCUT2D eigenvalue weighted by Crippen LogP contribution is 2.48. The molecular weight excluding hydrogens is 649 g/mol. The zero-order valence-corrected chi connectivity index (χ0v) is 30.2. The van der Waals surface area contributed by atoms with Gasteiger partial charge in [-0.3, -0.25) is 23.7 Å². The first kappa shape index (κ1) is 36.6. The number of anilines is 1. The van der Waals surface area contributed by atoms with Gasteiger partial charge in [0.25, 0.3) is 5.56 Å². The van der Waals surface area contributed by atoms with Gasteiger partial charge < -0.3 is 28.9 Å². The van der Waals surface area contributed by atoms with Crippen molar-refractivity contribution in [2.75, 3.05) is 11.9 Å². The van der Waals surface area contributed by atoms with E-state index in [0.29, 0.717) is 6.54 Å². The van der Waals surface area contributed by atoms with Crippen LogP contribution >= 0.6 is 7.75 Å². The summed E-state index contributed by atoms with van der Waals surface area (Å²) in [6, 6.07) is 0. The minimum absolute atomic E-state index is 0.0300. The van der Waals surface area contributed by atoms with E-state index in [-0.39, 0.29) is 46.7 Å². The minimum Gasteiger partial charge on any atom is -0.457 e. The van der Waals surface area contributed by atoms with Gasteiger partial charge in [-0.15, -0.1) is 0 Å². The molecule has 6 atom stereocenters. The number of hydrogen-bond acceptors (Lipinski definition) is 12. The molecule has 18 heteroatoms. The number of aromatic amines is 1. The minimum atomic E-state index is -4.46. The highest BCUT2D eigenvalue weighted by atomic mass is 31.2. The fourth-order valence-corrected chi connectivity index (χ4v) is 7.13. The molecule has 0 aromatic carbocycles. The maximum atomic E-state index is 13.2. The molecule has 0 radical (unpaired) electrons. The predicted molar refractivity (Wildman–Crippen MR) is 175 cm³/mol. The molecule has 3 N–H and O–H groups in total. The molecule has 47 heavy (non-hydrogen) atoms. The van der Waals surface area contributed by atoms with Crippen molar-refractivity contribution in [3.63, 3.8) is 0 Å². The number of aromatic nitrogens is 6. The molecule has 0 amide bonds. The topological polar surface area (TPSA) is 202 Å². The molecule has 0 bridgehead atoms. The van der Waals surface area contributed by atoms with Crippen LogP contribution in [0, 0.1) is 5.92 Å². The molecule has 4 heterocycles. The van der Waals surface area contributed by atoms with Crippen molar-refractivity contribution < 1.29 is 37.5 Å². The van der Waals surface area contributed by atoms with Crippen molar-refractivity contribution >= 4 is 44.9 Å². The lowest BCUT2D eigenvalue weighted by molar-refractivity contribution is -0.158. The van der Waals surface area contributed by atoms with Gasteiger partial charge in [-0.1, -0.05) is 34.6 Å². The number of carbonyl (C=O) groups is 2. The number of rotatable bonds is 14. The van der Waals surface area contributed by atoms with Gasteiger partial charge in [0.2, 0.25) is 5.95 Å². The number of H-pyrrole nitrogens is 1. The van der Waals surface area contributed by atoms with Crippen LogP contribution in [-0.4, -0.2) is 84.8 Å². The normalized spacial score (nSPS) is 22.4. The maximum Gasteiger partial charge on any atom is 0.437 e. The van der Waals surface area contributed by atoms with E-state index in [9.17, 15) is 23.8 Å². The Morgan fingerprint density at radius 2 is 1.89 bits per heavy atom. The Bertz CT molecular complexity index is 1670. The summed E-state index contributed by atoms with van der Waals surface area (Å²) < 4.78 is 40.8. The van der Waals surface area contributed by atoms with Gasteiger partial charge in [-0.25, -0.2) is 18.9 Å². The van der Waals surface area contributed by atoms with Gasteiger partial charge in [0.15, 0.2) is 31.8 Å². The Morgan fingerprint density at radius 3 is 2.49 bits per heavy atom. The molecule has 0 saturated carbocycles. The van der Waals surface area contributed by atoms with Crippen LogP contribution in [0.4, 0.5) is 5.95 Å². The number of nitrogens with zero attached hydrogens (tertiary/aromatic N) is 5. The molecule has 3 aromatic rings. The standard InChI is InChI=1S/C29H46N7O9PSi/c1-17(2)14-31-28-33-25-21(26(39)34-28)32-16-36(25)27-24(45-47(8,9)29(5,6)7)23(42-20(38)11-10-18(3)37)22(43-27)19(4)44-46(40,41)35-13-12-30-15-35/h12-13,15-17,19,22-24,27H,10-11,14H2,1-9H3,(H,40,41)(H2,31,33,34,39)/t19?,22-,23+,24?,27-/m1/s1. The SMILES string of the molecule is CC(=O)CCC(=O)O[C@@H]1C(O[Si](C)(C)C(C)(C)C)[C@H](n2cnc3c(=O)[nH]c(NCC(C)C)nc32)O[C@@H]1C(C)OP(=O)(O)n1ccnc1. The van der Waals surface area contributed by atoms with E-state index in [0.717, 1.165) is 10.7 Å². The van der Waals surface area contributed by atoms with E-state index in [2.05, 4.69) is 46.0 Å². The molecule has 1 aliphatic heterocycles. The number of ether oxygens (including phenoxy) is 2. The summed E-state index contributed by atoms with van der Waals surface area (Å²) in [4.78, 5) is 64.1. The number of hydrogen-bond donors (Lipinski definition) is 3. The first-order chi connectivity index (χ1) is 21.8. The van der Waals surface area contributed by atoms with E-state index < -0.39 is 58.2 Å². The van der Waals surface area contributed by atoms with Crippen molar-refractivity contribution in [1.29, 1.82) is 0 Å². The van der Waals surface area contributed by atoms with Crippen LogP contribution in [0.5, 0.6) is 0 Å². The van der Waals surface area contributed by atoms with Gasteiger partial charge >= 0.3 is 13.7 Å². The fraction of sp³-hybridized carbons (Fsp3) is 0.655. The molecule has 1 saturated heterocycles. The molecule has 1 fully saturated rings. The third-order valence-corrected chi connectivity index (χ3v) is 14.2. The Labute approximate surface area is 274 Å². The monoisotopic (exact) mass is 695 g/mol. The van der Waals surface area contributed by atoms with E-state index in [1.165, 1.54) is 32.6 Å². The van der Waals surface area contributed by atoms with Crippen LogP contribution in [0.3, 0.4) is 0 Å². The number of imidazole rings is 2. The second-order valence-electron chi connectivity index (χ2n) is 13.7. The highest BCUT2D eigenvalue weighted by molar-refractivity contribution is 7.51. The summed E-state index contributed by atoms with van der Waals surface area (Å²) in [5.74, 6) is -0.358. The smallest absolute Gasteiger partial charge is 0.437 e. The van der Waals surface area contributed by atoms with Crippen LogP contribution in [0.15, 0.2) is 29.8 Å². The third kappa shape index (κ3) is 8.45. The van der Waals surface area contributed by atoms with E-state index in [1.807, 2.05) is 26.9 Å². The summed E-state index contributed by atoms with van der Waals surface area (Å²) in [5, 5.41) is 2.83. The molecule has 260 valence electrons. The van der Waals surface area contributed by atoms with Crippen LogP contribution in [0.1, 0.15) is 67.5 Å². The molecule has 4 rings (SSSR count). The molecular formula is C29H46N7O9PSi. The molecule has 16 nitrogen and oxygen atoms in total. The van der Waals surface area contributed by atoms with Gasteiger partial charge in [0.05, 0.1) is 18.9 Å². The number of ketones is 1. The van der Waals surface area contributed by atoms with Gasteiger partial charge in [-0.05, 0) is 37.9 Å². The summed E-state index contributed by atoms with van der Waals surface area (Å²) in [6.45, 7) is 17.7. The molecule has 0 spiro atoms. The summed E-state index contributed by atoms with van der Waals surface area (Å²) >= 11 is 0. The number of fused-ring (bicyclic) bond motifs is 1. The number of esters is 1. The van der Waals surface area contributed by atoms with Crippen molar-refractivity contribution in [3.05, 3.63) is 35.4 Å². The van der Waals surface area contributed by atoms with Crippen molar-refractivity contribution in [2.45, 2.75) is 110 Å². The van der Waals surface area contributed by atoms with Crippen LogP contribution in [0.25, 0.3) is 11.2 Å². The largest absolute Gasteiger partial charge is 0.457 e. The number of nitrogens with one attached hydrogen (secondary N) is 2. The average molecular weight is 696 g/mol. The Kier molecular flexibility index (Phi) is 11.0. The second-order valence-corrected chi connectivity index (χ2v) is 20.2. The Balaban J connectivity index is 1.82. The fourth-order valence-electron chi connectivity index (χ4n) is 4.76. The van der Waals surface area contributed by atoms with Crippen molar-refractivity contribution in [3.8, 4) is 0 Å². The lowest BCUT2D eigenvalue weighted by Crippen LogP contribution is -2.50. The van der Waals surface area contributed by atoms with Crippen LogP contribution < -0.4 is 10.9 Å². The van der Waals surface area contributed by atoms with Crippen molar-refractivity contribution in [1.82, 2.24) is 28.8 Å². The third-order valence-electron chi connectivity index (χ3n) is 8.34. The summed E-state index contributed by atoms with van der Waals surface area (Å²) in [6.07, 6.45) is -0.528. The molecule has 1 aliphatic rings. The van der Waals surface area contributed by atoms with Crippen molar-refractivity contribution in [2.24, 2.45) is 5.92 Å². The Morgan fingerprint density at radius 1 is 1.19 bits per heavy atom. The van der Waals surface area contributed by atoms with Gasteiger partial charge in [-0.2, -0.15) is 4.98 Å².